The predicted octanol–water partition coefficient (Wildman–Crippen LogP) is 0.463. The Hall–Kier alpha value is -0.955. The zero-order chi connectivity index (χ0) is 8.10. The fourth-order valence-electron chi connectivity index (χ4n) is 0.731. The Bertz CT molecular complexity index is 225. The van der Waals surface area contributed by atoms with E-state index >= 15 is 0 Å². The summed E-state index contributed by atoms with van der Waals surface area (Å²) in [6.45, 7) is 0.253. The van der Waals surface area contributed by atoms with E-state index in [2.05, 4.69) is 0 Å². The van der Waals surface area contributed by atoms with Gasteiger partial charge in [-0.15, -0.1) is 0 Å². The number of methoxy groups -OCH3 is 1. The van der Waals surface area contributed by atoms with E-state index in [1.807, 2.05) is 12.1 Å². The molecule has 0 amide bonds. The zero-order valence-corrected chi connectivity index (χ0v) is 6.41. The van der Waals surface area contributed by atoms with Crippen molar-refractivity contribution in [3.63, 3.8) is 0 Å². The molecule has 1 aromatic rings. The maximum absolute atomic E-state index is 5.51. The van der Waals surface area contributed by atoms with Crippen molar-refractivity contribution in [3.05, 3.63) is 24.3 Å². The maximum Gasteiger partial charge on any atom is 0.188 e. The van der Waals surface area contributed by atoms with E-state index in [0.29, 0.717) is 5.46 Å². The third-order valence-electron chi connectivity index (χ3n) is 1.20. The Morgan fingerprint density at radius 1 is 1.45 bits per heavy atom. The van der Waals surface area contributed by atoms with Gasteiger partial charge in [0.2, 0.25) is 0 Å². The summed E-state index contributed by atoms with van der Waals surface area (Å²) in [5.74, 6) is 0.729. The van der Waals surface area contributed by atoms with Crippen molar-refractivity contribution in [1.82, 2.24) is 0 Å². The molecule has 0 N–H and O–H groups in total. The van der Waals surface area contributed by atoms with Crippen LogP contribution >= 0.6 is 0 Å². The van der Waals surface area contributed by atoms with E-state index in [4.69, 9.17) is 17.3 Å². The molecule has 0 aliphatic rings. The van der Waals surface area contributed by atoms with Crippen LogP contribution in [0.3, 0.4) is 0 Å². The normalized spacial score (nSPS) is 9.55. The van der Waals surface area contributed by atoms with Crippen LogP contribution in [0.4, 0.5) is 0 Å². The highest BCUT2D eigenvalue weighted by Crippen LogP contribution is 2.05. The van der Waals surface area contributed by atoms with Crippen LogP contribution in [0, 0.1) is 0 Å². The van der Waals surface area contributed by atoms with E-state index in [-0.39, 0.29) is 6.79 Å². The number of benzene rings is 1. The molecule has 1 aromatic carbocycles. The highest BCUT2D eigenvalue weighted by Gasteiger charge is 1.90. The van der Waals surface area contributed by atoms with Crippen LogP contribution in [-0.4, -0.2) is 21.7 Å². The first-order valence-corrected chi connectivity index (χ1v) is 3.30. The zero-order valence-electron chi connectivity index (χ0n) is 6.41. The van der Waals surface area contributed by atoms with E-state index in [9.17, 15) is 0 Å². The minimum absolute atomic E-state index is 0.253. The van der Waals surface area contributed by atoms with Crippen LogP contribution in [0.5, 0.6) is 5.75 Å². The van der Waals surface area contributed by atoms with Gasteiger partial charge >= 0.3 is 0 Å². The van der Waals surface area contributed by atoms with Gasteiger partial charge in [-0.05, 0) is 12.1 Å². The van der Waals surface area contributed by atoms with Crippen LogP contribution in [0.2, 0.25) is 0 Å². The maximum atomic E-state index is 5.51. The minimum atomic E-state index is 0.253. The van der Waals surface area contributed by atoms with Gasteiger partial charge in [0.05, 0.1) is 0 Å². The first-order chi connectivity index (χ1) is 5.33. The summed E-state index contributed by atoms with van der Waals surface area (Å²) in [6.07, 6.45) is 0. The van der Waals surface area contributed by atoms with Gasteiger partial charge in [0.25, 0.3) is 0 Å². The third kappa shape index (κ3) is 2.64. The summed E-state index contributed by atoms with van der Waals surface area (Å²) in [6, 6.07) is 7.22. The first-order valence-electron chi connectivity index (χ1n) is 3.30. The molecule has 0 aromatic heterocycles. The molecule has 0 fully saturated rings. The second kappa shape index (κ2) is 4.03. The number of hydrogen-bond acceptors (Lipinski definition) is 2. The fourth-order valence-corrected chi connectivity index (χ4v) is 0.731. The molecule has 0 unspecified atom stereocenters. The SMILES string of the molecule is [B]c1cccc(OCOC)c1. The summed E-state index contributed by atoms with van der Waals surface area (Å²) in [5.41, 5.74) is 0.693. The van der Waals surface area contributed by atoms with Gasteiger partial charge in [-0.2, -0.15) is 0 Å². The smallest absolute Gasteiger partial charge is 0.188 e. The van der Waals surface area contributed by atoms with Crippen LogP contribution in [0.1, 0.15) is 0 Å². The molecule has 0 spiro atoms. The molecule has 2 nitrogen and oxygen atoms in total. The van der Waals surface area contributed by atoms with Crippen molar-refractivity contribution >= 4 is 13.3 Å². The number of ether oxygens (including phenoxy) is 2. The standard InChI is InChI=1S/C8H9BO2/c1-10-6-11-8-4-2-3-7(9)5-8/h2-5H,6H2,1H3. The second-order valence-corrected chi connectivity index (χ2v) is 2.12. The Morgan fingerprint density at radius 2 is 2.27 bits per heavy atom. The van der Waals surface area contributed by atoms with Crippen molar-refractivity contribution in [2.75, 3.05) is 13.9 Å². The van der Waals surface area contributed by atoms with E-state index in [1.165, 1.54) is 0 Å². The van der Waals surface area contributed by atoms with Crippen molar-refractivity contribution in [2.24, 2.45) is 0 Å². The lowest BCUT2D eigenvalue weighted by molar-refractivity contribution is 0.0512. The summed E-state index contributed by atoms with van der Waals surface area (Å²) in [7, 11) is 7.09. The monoisotopic (exact) mass is 148 g/mol. The molecule has 0 saturated heterocycles. The van der Waals surface area contributed by atoms with Gasteiger partial charge in [0, 0.05) is 7.11 Å². The average Bonchev–Trinajstić information content (AvgIpc) is 2.01. The van der Waals surface area contributed by atoms with Gasteiger partial charge in [0.1, 0.15) is 13.6 Å². The molecule has 0 aliphatic heterocycles. The average molecular weight is 148 g/mol. The molecule has 1 rings (SSSR count). The fraction of sp³-hybridized carbons (Fsp3) is 0.250. The van der Waals surface area contributed by atoms with E-state index < -0.39 is 0 Å². The van der Waals surface area contributed by atoms with Crippen LogP contribution in [0.25, 0.3) is 0 Å². The molecule has 0 heterocycles. The van der Waals surface area contributed by atoms with Crippen molar-refractivity contribution < 1.29 is 9.47 Å². The van der Waals surface area contributed by atoms with E-state index in [1.54, 1.807) is 19.2 Å². The summed E-state index contributed by atoms with van der Waals surface area (Å²) in [4.78, 5) is 0. The molecule has 0 saturated carbocycles. The first kappa shape index (κ1) is 8.14. The Morgan fingerprint density at radius 3 is 2.91 bits per heavy atom. The lowest BCUT2D eigenvalue weighted by Gasteiger charge is -2.04. The Labute approximate surface area is 67.5 Å². The molecular formula is C8H9BO2. The molecule has 0 atom stereocenters. The Balaban J connectivity index is 2.56. The van der Waals surface area contributed by atoms with Crippen LogP contribution in [-0.2, 0) is 4.74 Å². The second-order valence-electron chi connectivity index (χ2n) is 2.12. The lowest BCUT2D eigenvalue weighted by atomic mass is 9.96. The molecular weight excluding hydrogens is 139 g/mol. The largest absolute Gasteiger partial charge is 0.468 e. The number of rotatable bonds is 3. The topological polar surface area (TPSA) is 18.5 Å². The summed E-state index contributed by atoms with van der Waals surface area (Å²) < 4.78 is 9.86. The van der Waals surface area contributed by atoms with Gasteiger partial charge in [0.15, 0.2) is 6.79 Å². The van der Waals surface area contributed by atoms with Gasteiger partial charge in [-0.1, -0.05) is 17.6 Å². The predicted molar refractivity (Wildman–Crippen MR) is 44.3 cm³/mol. The molecule has 0 aliphatic carbocycles. The molecule has 0 bridgehead atoms. The third-order valence-corrected chi connectivity index (χ3v) is 1.20. The summed E-state index contributed by atoms with van der Waals surface area (Å²) in [5, 5.41) is 0. The summed E-state index contributed by atoms with van der Waals surface area (Å²) >= 11 is 0. The lowest BCUT2D eigenvalue weighted by Crippen LogP contribution is -2.04. The van der Waals surface area contributed by atoms with Crippen LogP contribution in [0.15, 0.2) is 24.3 Å². The molecule has 3 heteroatoms. The minimum Gasteiger partial charge on any atom is -0.468 e. The quantitative estimate of drug-likeness (QED) is 0.458. The molecule has 2 radical (unpaired) electrons. The highest BCUT2D eigenvalue weighted by atomic mass is 16.7. The van der Waals surface area contributed by atoms with Crippen molar-refractivity contribution in [2.45, 2.75) is 0 Å². The van der Waals surface area contributed by atoms with Gasteiger partial charge in [-0.25, -0.2) is 0 Å². The van der Waals surface area contributed by atoms with Crippen molar-refractivity contribution in [3.8, 4) is 5.75 Å². The Kier molecular flexibility index (Phi) is 2.99. The van der Waals surface area contributed by atoms with Crippen LogP contribution < -0.4 is 10.2 Å². The molecule has 56 valence electrons. The van der Waals surface area contributed by atoms with Crippen molar-refractivity contribution in [1.29, 1.82) is 0 Å². The van der Waals surface area contributed by atoms with Gasteiger partial charge in [-0.3, -0.25) is 0 Å². The molecule has 11 heavy (non-hydrogen) atoms. The van der Waals surface area contributed by atoms with E-state index in [0.717, 1.165) is 5.75 Å². The highest BCUT2D eigenvalue weighted by molar-refractivity contribution is 6.32. The van der Waals surface area contributed by atoms with Gasteiger partial charge < -0.3 is 9.47 Å². The number of hydrogen-bond donors (Lipinski definition) is 0.